The number of rotatable bonds is 5. The van der Waals surface area contributed by atoms with Gasteiger partial charge >= 0.3 is 0 Å². The van der Waals surface area contributed by atoms with Gasteiger partial charge in [-0.25, -0.2) is 4.98 Å². The molecule has 0 bridgehead atoms. The summed E-state index contributed by atoms with van der Waals surface area (Å²) in [6, 6.07) is 3.61. The fourth-order valence-electron chi connectivity index (χ4n) is 2.83. The van der Waals surface area contributed by atoms with E-state index in [0.717, 1.165) is 36.4 Å². The van der Waals surface area contributed by atoms with E-state index in [1.54, 1.807) is 18.5 Å². The van der Waals surface area contributed by atoms with Crippen molar-refractivity contribution < 1.29 is 9.59 Å². The molecule has 4 rings (SSSR count). The minimum atomic E-state index is -0.0526. The second-order valence-corrected chi connectivity index (χ2v) is 7.49. The number of carbonyl (C=O) groups excluding carboxylic acids is 2. The van der Waals surface area contributed by atoms with Gasteiger partial charge in [0, 0.05) is 36.5 Å². The normalized spacial score (nSPS) is 17.0. The van der Waals surface area contributed by atoms with E-state index in [9.17, 15) is 9.59 Å². The molecule has 1 aliphatic carbocycles. The summed E-state index contributed by atoms with van der Waals surface area (Å²) in [5.74, 6) is 0.204. The molecule has 7 nitrogen and oxygen atoms in total. The number of amides is 2. The zero-order valence-electron chi connectivity index (χ0n) is 13.7. The molecule has 0 aromatic carbocycles. The van der Waals surface area contributed by atoms with Gasteiger partial charge in [-0.3, -0.25) is 19.5 Å². The average molecular weight is 357 g/mol. The van der Waals surface area contributed by atoms with Crippen LogP contribution in [0, 0.1) is 5.92 Å². The van der Waals surface area contributed by atoms with Crippen molar-refractivity contribution in [2.24, 2.45) is 5.92 Å². The number of carbonyl (C=O) groups is 2. The summed E-state index contributed by atoms with van der Waals surface area (Å²) in [6.45, 7) is 1.80. The number of nitrogens with zero attached hydrogens (tertiary/aromatic N) is 3. The van der Waals surface area contributed by atoms with Gasteiger partial charge in [0.05, 0.1) is 24.1 Å². The lowest BCUT2D eigenvalue weighted by molar-refractivity contribution is -0.118. The Kier molecular flexibility index (Phi) is 4.46. The first-order valence-corrected chi connectivity index (χ1v) is 9.21. The SMILES string of the molecule is O=C(CN1CCc2nc(NC(=O)C3CC3)sc2C1)Nc1cccnc1. The van der Waals surface area contributed by atoms with Crippen molar-refractivity contribution in [3.05, 3.63) is 35.1 Å². The molecule has 0 spiro atoms. The quantitative estimate of drug-likeness (QED) is 0.853. The molecule has 2 amide bonds. The van der Waals surface area contributed by atoms with Crippen molar-refractivity contribution in [2.45, 2.75) is 25.8 Å². The Morgan fingerprint density at radius 3 is 2.96 bits per heavy atom. The molecule has 130 valence electrons. The highest BCUT2D eigenvalue weighted by Crippen LogP contribution is 2.32. The highest BCUT2D eigenvalue weighted by molar-refractivity contribution is 7.15. The molecule has 0 radical (unpaired) electrons. The number of pyridine rings is 1. The number of thiazole rings is 1. The molecular formula is C17H19N5O2S. The van der Waals surface area contributed by atoms with Crippen LogP contribution in [-0.2, 0) is 22.6 Å². The van der Waals surface area contributed by atoms with Crippen LogP contribution in [0.5, 0.6) is 0 Å². The first kappa shape index (κ1) is 16.2. The van der Waals surface area contributed by atoms with E-state index in [1.807, 2.05) is 6.07 Å². The third kappa shape index (κ3) is 4.02. The molecule has 2 aromatic rings. The molecule has 0 saturated heterocycles. The topological polar surface area (TPSA) is 87.2 Å². The van der Waals surface area contributed by atoms with Gasteiger partial charge in [-0.2, -0.15) is 0 Å². The van der Waals surface area contributed by atoms with Crippen molar-refractivity contribution in [1.82, 2.24) is 14.9 Å². The first-order valence-electron chi connectivity index (χ1n) is 8.39. The summed E-state index contributed by atoms with van der Waals surface area (Å²) in [6.07, 6.45) is 6.06. The van der Waals surface area contributed by atoms with E-state index in [0.29, 0.717) is 23.9 Å². The number of hydrogen-bond acceptors (Lipinski definition) is 6. The van der Waals surface area contributed by atoms with Gasteiger partial charge in [-0.15, -0.1) is 11.3 Å². The Morgan fingerprint density at radius 1 is 1.32 bits per heavy atom. The third-order valence-corrected chi connectivity index (χ3v) is 5.30. The molecular weight excluding hydrogens is 338 g/mol. The van der Waals surface area contributed by atoms with Gasteiger partial charge in [0.15, 0.2) is 5.13 Å². The number of nitrogens with one attached hydrogen (secondary N) is 2. The highest BCUT2D eigenvalue weighted by atomic mass is 32.1. The van der Waals surface area contributed by atoms with Crippen LogP contribution in [0.15, 0.2) is 24.5 Å². The lowest BCUT2D eigenvalue weighted by Crippen LogP contribution is -2.36. The van der Waals surface area contributed by atoms with E-state index < -0.39 is 0 Å². The molecule has 3 heterocycles. The second-order valence-electron chi connectivity index (χ2n) is 6.40. The zero-order valence-corrected chi connectivity index (χ0v) is 14.5. The maximum absolute atomic E-state index is 12.2. The minimum Gasteiger partial charge on any atom is -0.324 e. The predicted molar refractivity (Wildman–Crippen MR) is 95.3 cm³/mol. The Bertz CT molecular complexity index is 788. The number of fused-ring (bicyclic) bond motifs is 1. The third-order valence-electron chi connectivity index (χ3n) is 4.30. The van der Waals surface area contributed by atoms with Crippen LogP contribution < -0.4 is 10.6 Å². The lowest BCUT2D eigenvalue weighted by Gasteiger charge is -2.25. The molecule has 2 aliphatic rings. The van der Waals surface area contributed by atoms with Crippen LogP contribution >= 0.6 is 11.3 Å². The smallest absolute Gasteiger partial charge is 0.238 e. The van der Waals surface area contributed by atoms with Gasteiger partial charge < -0.3 is 10.6 Å². The van der Waals surface area contributed by atoms with Crippen molar-refractivity contribution in [1.29, 1.82) is 0 Å². The van der Waals surface area contributed by atoms with Gasteiger partial charge in [-0.05, 0) is 25.0 Å². The van der Waals surface area contributed by atoms with Gasteiger partial charge in [0.2, 0.25) is 11.8 Å². The summed E-state index contributed by atoms with van der Waals surface area (Å²) >= 11 is 1.52. The molecule has 2 N–H and O–H groups in total. The molecule has 8 heteroatoms. The first-order chi connectivity index (χ1) is 12.2. The standard InChI is InChI=1S/C17H19N5O2S/c23-15(19-12-2-1-6-18-8-12)10-22-7-5-13-14(9-22)25-17(20-13)21-16(24)11-3-4-11/h1-2,6,8,11H,3-5,7,9-10H2,(H,19,23)(H,20,21,24). The van der Waals surface area contributed by atoms with Crippen molar-refractivity contribution in [2.75, 3.05) is 23.7 Å². The van der Waals surface area contributed by atoms with Crippen molar-refractivity contribution in [3.8, 4) is 0 Å². The maximum Gasteiger partial charge on any atom is 0.238 e. The van der Waals surface area contributed by atoms with Gasteiger partial charge in [0.25, 0.3) is 0 Å². The van der Waals surface area contributed by atoms with E-state index in [2.05, 4.69) is 25.5 Å². The number of aromatic nitrogens is 2. The van der Waals surface area contributed by atoms with E-state index in [1.165, 1.54) is 11.3 Å². The van der Waals surface area contributed by atoms with E-state index in [4.69, 9.17) is 0 Å². The van der Waals surface area contributed by atoms with Crippen molar-refractivity contribution >= 4 is 34.0 Å². The van der Waals surface area contributed by atoms with Crippen LogP contribution in [0.1, 0.15) is 23.4 Å². The minimum absolute atomic E-state index is 0.0526. The zero-order chi connectivity index (χ0) is 17.2. The van der Waals surface area contributed by atoms with Crippen molar-refractivity contribution in [3.63, 3.8) is 0 Å². The van der Waals surface area contributed by atoms with Crippen LogP contribution in [0.3, 0.4) is 0 Å². The Hall–Kier alpha value is -2.32. The molecule has 25 heavy (non-hydrogen) atoms. The Morgan fingerprint density at radius 2 is 2.20 bits per heavy atom. The Balaban J connectivity index is 1.33. The summed E-state index contributed by atoms with van der Waals surface area (Å²) in [7, 11) is 0. The molecule has 1 aliphatic heterocycles. The van der Waals surface area contributed by atoms with Gasteiger partial charge in [0.1, 0.15) is 0 Å². The number of hydrogen-bond donors (Lipinski definition) is 2. The van der Waals surface area contributed by atoms with Crippen LogP contribution in [0.25, 0.3) is 0 Å². The molecule has 1 fully saturated rings. The fourth-order valence-corrected chi connectivity index (χ4v) is 3.88. The Labute approximate surface area is 149 Å². The number of anilines is 2. The highest BCUT2D eigenvalue weighted by Gasteiger charge is 2.31. The fraction of sp³-hybridized carbons (Fsp3) is 0.412. The average Bonchev–Trinajstić information content (AvgIpc) is 3.37. The van der Waals surface area contributed by atoms with Crippen LogP contribution in [0.2, 0.25) is 0 Å². The van der Waals surface area contributed by atoms with Crippen LogP contribution in [-0.4, -0.2) is 39.8 Å². The largest absolute Gasteiger partial charge is 0.324 e. The molecule has 2 aromatic heterocycles. The summed E-state index contributed by atoms with van der Waals surface area (Å²) < 4.78 is 0. The summed E-state index contributed by atoms with van der Waals surface area (Å²) in [4.78, 5) is 35.8. The molecule has 0 unspecified atom stereocenters. The lowest BCUT2D eigenvalue weighted by atomic mass is 10.2. The van der Waals surface area contributed by atoms with Gasteiger partial charge in [-0.1, -0.05) is 0 Å². The maximum atomic E-state index is 12.2. The molecule has 0 atom stereocenters. The summed E-state index contributed by atoms with van der Waals surface area (Å²) in [5, 5.41) is 6.45. The monoisotopic (exact) mass is 357 g/mol. The predicted octanol–water partition coefficient (Wildman–Crippen LogP) is 1.88. The van der Waals surface area contributed by atoms with E-state index >= 15 is 0 Å². The van der Waals surface area contributed by atoms with E-state index in [-0.39, 0.29) is 17.7 Å². The summed E-state index contributed by atoms with van der Waals surface area (Å²) in [5.41, 5.74) is 1.74. The van der Waals surface area contributed by atoms with Crippen LogP contribution in [0.4, 0.5) is 10.8 Å². The second kappa shape index (κ2) is 6.89. The molecule has 1 saturated carbocycles.